The van der Waals surface area contributed by atoms with Crippen LogP contribution in [0.5, 0.6) is 0 Å². The van der Waals surface area contributed by atoms with Gasteiger partial charge in [0.05, 0.1) is 12.6 Å². The Balaban J connectivity index is 4.34. The minimum atomic E-state index is -0.572. The number of carbonyl (C=O) groups excluding carboxylic acids is 3. The molecule has 5 heteroatoms. The quantitative estimate of drug-likeness (QED) is 0.702. The van der Waals surface area contributed by atoms with Crippen molar-refractivity contribution in [2.45, 2.75) is 46.6 Å². The summed E-state index contributed by atoms with van der Waals surface area (Å²) in [5, 5.41) is 5.33. The molecule has 0 aromatic rings. The van der Waals surface area contributed by atoms with E-state index in [0.29, 0.717) is 12.8 Å². The van der Waals surface area contributed by atoms with Crippen LogP contribution < -0.4 is 10.6 Å². The van der Waals surface area contributed by atoms with Crippen LogP contribution in [0.1, 0.15) is 40.5 Å². The lowest BCUT2D eigenvalue weighted by atomic mass is 9.87. The summed E-state index contributed by atoms with van der Waals surface area (Å²) in [4.78, 5) is 34.6. The van der Waals surface area contributed by atoms with E-state index in [1.54, 1.807) is 7.05 Å². The highest BCUT2D eigenvalue weighted by Crippen LogP contribution is 2.18. The van der Waals surface area contributed by atoms with Crippen LogP contribution in [0.15, 0.2) is 0 Å². The molecule has 0 saturated carbocycles. The fourth-order valence-electron chi connectivity index (χ4n) is 1.43. The smallest absolute Gasteiger partial charge is 0.234 e. The van der Waals surface area contributed by atoms with E-state index in [0.717, 1.165) is 0 Å². The molecular weight excluding hydrogens is 232 g/mol. The van der Waals surface area contributed by atoms with Crippen molar-refractivity contribution in [3.8, 4) is 0 Å². The number of rotatable bonds is 7. The third-order valence-electron chi connectivity index (χ3n) is 2.66. The van der Waals surface area contributed by atoms with Gasteiger partial charge in [0.25, 0.3) is 0 Å². The zero-order valence-electron chi connectivity index (χ0n) is 11.9. The lowest BCUT2D eigenvalue weighted by Crippen LogP contribution is -2.43. The van der Waals surface area contributed by atoms with Crippen molar-refractivity contribution >= 4 is 17.5 Å². The SMILES string of the molecule is CNCC(=O)NC(CCC(=O)C(C)(C)C)C(C)=O. The van der Waals surface area contributed by atoms with Crippen molar-refractivity contribution in [1.29, 1.82) is 0 Å². The lowest BCUT2D eigenvalue weighted by Gasteiger charge is -2.19. The Morgan fingerprint density at radius 3 is 2.11 bits per heavy atom. The highest BCUT2D eigenvalue weighted by molar-refractivity contribution is 5.89. The van der Waals surface area contributed by atoms with Crippen LogP contribution in [0.4, 0.5) is 0 Å². The predicted octanol–water partition coefficient (Wildman–Crippen LogP) is 0.675. The summed E-state index contributed by atoms with van der Waals surface area (Å²) in [5.41, 5.74) is -0.406. The van der Waals surface area contributed by atoms with Crippen molar-refractivity contribution in [2.24, 2.45) is 5.41 Å². The summed E-state index contributed by atoms with van der Waals surface area (Å²) in [6.07, 6.45) is 0.661. The van der Waals surface area contributed by atoms with Gasteiger partial charge in [-0.15, -0.1) is 0 Å². The molecule has 1 atom stereocenters. The van der Waals surface area contributed by atoms with Crippen molar-refractivity contribution in [2.75, 3.05) is 13.6 Å². The minimum Gasteiger partial charge on any atom is -0.345 e. The van der Waals surface area contributed by atoms with E-state index in [4.69, 9.17) is 0 Å². The van der Waals surface area contributed by atoms with Gasteiger partial charge in [-0.1, -0.05) is 20.8 Å². The molecule has 2 N–H and O–H groups in total. The number of ketones is 2. The van der Waals surface area contributed by atoms with E-state index < -0.39 is 11.5 Å². The van der Waals surface area contributed by atoms with Crippen molar-refractivity contribution in [3.05, 3.63) is 0 Å². The molecule has 0 heterocycles. The Morgan fingerprint density at radius 1 is 1.17 bits per heavy atom. The van der Waals surface area contributed by atoms with Crippen LogP contribution in [0.3, 0.4) is 0 Å². The molecule has 18 heavy (non-hydrogen) atoms. The lowest BCUT2D eigenvalue weighted by molar-refractivity contribution is -0.128. The summed E-state index contributed by atoms with van der Waals surface area (Å²) in [6, 6.07) is -0.572. The van der Waals surface area contributed by atoms with E-state index in [-0.39, 0.29) is 24.0 Å². The molecule has 0 spiro atoms. The number of nitrogens with one attached hydrogen (secondary N) is 2. The number of likely N-dealkylation sites (N-methyl/N-ethyl adjacent to an activating group) is 1. The van der Waals surface area contributed by atoms with Gasteiger partial charge < -0.3 is 10.6 Å². The number of carbonyl (C=O) groups is 3. The van der Waals surface area contributed by atoms with Gasteiger partial charge in [-0.25, -0.2) is 0 Å². The molecule has 0 bridgehead atoms. The summed E-state index contributed by atoms with van der Waals surface area (Å²) >= 11 is 0. The van der Waals surface area contributed by atoms with Gasteiger partial charge in [-0.2, -0.15) is 0 Å². The van der Waals surface area contributed by atoms with Crippen LogP contribution in [0, 0.1) is 5.41 Å². The number of Topliss-reactive ketones (excluding diaryl/α,β-unsaturated/α-hetero) is 2. The number of hydrogen-bond donors (Lipinski definition) is 2. The topological polar surface area (TPSA) is 75.3 Å². The third kappa shape index (κ3) is 6.49. The van der Waals surface area contributed by atoms with Crippen molar-refractivity contribution in [3.63, 3.8) is 0 Å². The Morgan fingerprint density at radius 2 is 1.72 bits per heavy atom. The molecular formula is C13H24N2O3. The molecule has 0 rings (SSSR count). The van der Waals surface area contributed by atoms with Crippen LogP contribution in [0.2, 0.25) is 0 Å². The number of hydrogen-bond acceptors (Lipinski definition) is 4. The molecule has 0 aliphatic rings. The first-order chi connectivity index (χ1) is 8.18. The van der Waals surface area contributed by atoms with E-state index in [1.807, 2.05) is 20.8 Å². The van der Waals surface area contributed by atoms with Gasteiger partial charge in [0.1, 0.15) is 5.78 Å². The average Bonchev–Trinajstić information content (AvgIpc) is 2.22. The van der Waals surface area contributed by atoms with Gasteiger partial charge in [0.2, 0.25) is 5.91 Å². The molecule has 0 saturated heterocycles. The molecule has 104 valence electrons. The van der Waals surface area contributed by atoms with Gasteiger partial charge in [-0.05, 0) is 20.4 Å². The van der Waals surface area contributed by atoms with Gasteiger partial charge in [0.15, 0.2) is 5.78 Å². The standard InChI is InChI=1S/C13H24N2O3/c1-9(16)10(15-12(18)8-14-5)6-7-11(17)13(2,3)4/h10,14H,6-8H2,1-5H3,(H,15,18). The largest absolute Gasteiger partial charge is 0.345 e. The molecule has 5 nitrogen and oxygen atoms in total. The monoisotopic (exact) mass is 256 g/mol. The van der Waals surface area contributed by atoms with Crippen LogP contribution in [-0.4, -0.2) is 37.1 Å². The van der Waals surface area contributed by atoms with E-state index >= 15 is 0 Å². The Kier molecular flexibility index (Phi) is 6.76. The molecule has 1 unspecified atom stereocenters. The minimum absolute atomic E-state index is 0.0941. The highest BCUT2D eigenvalue weighted by Gasteiger charge is 2.24. The fraction of sp³-hybridized carbons (Fsp3) is 0.769. The Bertz CT molecular complexity index is 319. The Hall–Kier alpha value is -1.23. The van der Waals surface area contributed by atoms with Gasteiger partial charge >= 0.3 is 0 Å². The maximum absolute atomic E-state index is 11.8. The fourth-order valence-corrected chi connectivity index (χ4v) is 1.43. The maximum Gasteiger partial charge on any atom is 0.234 e. The second-order valence-corrected chi connectivity index (χ2v) is 5.47. The van der Waals surface area contributed by atoms with Crippen LogP contribution in [-0.2, 0) is 14.4 Å². The summed E-state index contributed by atoms with van der Waals surface area (Å²) in [6.45, 7) is 7.12. The predicted molar refractivity (Wildman–Crippen MR) is 70.2 cm³/mol. The maximum atomic E-state index is 11.8. The first-order valence-corrected chi connectivity index (χ1v) is 6.16. The Labute approximate surface area is 109 Å². The second-order valence-electron chi connectivity index (χ2n) is 5.47. The van der Waals surface area contributed by atoms with Crippen molar-refractivity contribution < 1.29 is 14.4 Å². The average molecular weight is 256 g/mol. The molecule has 0 fully saturated rings. The first kappa shape index (κ1) is 16.8. The van der Waals surface area contributed by atoms with Crippen LogP contribution >= 0.6 is 0 Å². The second kappa shape index (κ2) is 7.26. The van der Waals surface area contributed by atoms with Gasteiger partial charge in [-0.3, -0.25) is 14.4 Å². The van der Waals surface area contributed by atoms with E-state index in [1.165, 1.54) is 6.92 Å². The number of amides is 1. The molecule has 0 aliphatic carbocycles. The van der Waals surface area contributed by atoms with E-state index in [2.05, 4.69) is 10.6 Å². The first-order valence-electron chi connectivity index (χ1n) is 6.16. The van der Waals surface area contributed by atoms with Crippen molar-refractivity contribution in [1.82, 2.24) is 10.6 Å². The molecule has 1 amide bonds. The van der Waals surface area contributed by atoms with Crippen LogP contribution in [0.25, 0.3) is 0 Å². The summed E-state index contributed by atoms with van der Waals surface area (Å²) < 4.78 is 0. The molecule has 0 aromatic heterocycles. The molecule has 0 aliphatic heterocycles. The zero-order valence-corrected chi connectivity index (χ0v) is 11.9. The van der Waals surface area contributed by atoms with E-state index in [9.17, 15) is 14.4 Å². The zero-order chi connectivity index (χ0) is 14.3. The van der Waals surface area contributed by atoms with Gasteiger partial charge in [0, 0.05) is 11.8 Å². The highest BCUT2D eigenvalue weighted by atomic mass is 16.2. The molecule has 0 aromatic carbocycles. The normalized spacial score (nSPS) is 12.9. The third-order valence-corrected chi connectivity index (χ3v) is 2.66. The summed E-state index contributed by atoms with van der Waals surface area (Å²) in [7, 11) is 1.66. The summed E-state index contributed by atoms with van der Waals surface area (Å²) in [5.74, 6) is -0.265. The molecule has 0 radical (unpaired) electrons.